The van der Waals surface area contributed by atoms with Crippen LogP contribution in [-0.2, 0) is 0 Å². The van der Waals surface area contributed by atoms with Gasteiger partial charge in [0.25, 0.3) is 0 Å². The molecule has 0 bridgehead atoms. The van der Waals surface area contributed by atoms with Crippen LogP contribution in [0.25, 0.3) is 110 Å². The number of hydrogen-bond donors (Lipinski definition) is 1. The second kappa shape index (κ2) is 22.1. The highest BCUT2D eigenvalue weighted by Gasteiger charge is 2.28. The van der Waals surface area contributed by atoms with Crippen molar-refractivity contribution in [3.63, 3.8) is 0 Å². The molecule has 1 aliphatic heterocycles. The summed E-state index contributed by atoms with van der Waals surface area (Å²) in [6.45, 7) is 0. The number of para-hydroxylation sites is 3. The predicted molar refractivity (Wildman–Crippen MR) is 374 cm³/mol. The van der Waals surface area contributed by atoms with Crippen LogP contribution in [0, 0.1) is 0 Å². The summed E-state index contributed by atoms with van der Waals surface area (Å²) < 4.78 is 13.4. The lowest BCUT2D eigenvalue weighted by Gasteiger charge is -2.26. The molecular formula is C84H56N4O2. The van der Waals surface area contributed by atoms with E-state index in [4.69, 9.17) is 14.1 Å². The molecule has 90 heavy (non-hydrogen) atoms. The Bertz CT molecular complexity index is 5270. The van der Waals surface area contributed by atoms with E-state index in [1.807, 2.05) is 6.07 Å². The summed E-state index contributed by atoms with van der Waals surface area (Å²) in [5.74, 6) is 1.50. The van der Waals surface area contributed by atoms with E-state index in [-0.39, 0.29) is 6.23 Å². The van der Waals surface area contributed by atoms with E-state index in [1.165, 1.54) is 10.8 Å². The van der Waals surface area contributed by atoms with Gasteiger partial charge in [0.1, 0.15) is 5.52 Å². The molecule has 1 N–H and O–H groups in total. The summed E-state index contributed by atoms with van der Waals surface area (Å²) in [6, 6.07) is 117. The molecule has 16 aromatic rings. The van der Waals surface area contributed by atoms with Crippen molar-refractivity contribution in [1.29, 1.82) is 0 Å². The summed E-state index contributed by atoms with van der Waals surface area (Å²) in [5, 5.41) is 12.7. The number of rotatable bonds is 12. The molecule has 6 nitrogen and oxygen atoms in total. The van der Waals surface area contributed by atoms with E-state index in [9.17, 15) is 0 Å². The molecule has 1 unspecified atom stereocenters. The smallest absolute Gasteiger partial charge is 0.227 e. The Hall–Kier alpha value is -12.0. The van der Waals surface area contributed by atoms with Crippen LogP contribution in [-0.4, -0.2) is 4.98 Å². The maximum Gasteiger partial charge on any atom is 0.227 e. The molecule has 0 aliphatic carbocycles. The van der Waals surface area contributed by atoms with Crippen LogP contribution in [0.15, 0.2) is 332 Å². The molecule has 17 rings (SSSR count). The van der Waals surface area contributed by atoms with Crippen molar-refractivity contribution in [3.8, 4) is 61.7 Å². The Kier molecular flexibility index (Phi) is 12.8. The molecule has 1 aromatic heterocycles. The maximum absolute atomic E-state index is 6.73. The quantitative estimate of drug-likeness (QED) is 0.123. The number of hydrogen-bond acceptors (Lipinski definition) is 6. The fourth-order valence-corrected chi connectivity index (χ4v) is 13.2. The Labute approximate surface area is 521 Å². The number of fused-ring (bicyclic) bond motifs is 12. The molecule has 0 radical (unpaired) electrons. The van der Waals surface area contributed by atoms with E-state index in [1.54, 1.807) is 0 Å². The Morgan fingerprint density at radius 2 is 0.622 bits per heavy atom. The third kappa shape index (κ3) is 9.34. The number of benzene rings is 15. The minimum Gasteiger partial charge on any atom is -0.464 e. The van der Waals surface area contributed by atoms with Crippen molar-refractivity contribution in [2.24, 2.45) is 0 Å². The summed E-state index contributed by atoms with van der Waals surface area (Å²) >= 11 is 0. The molecule has 0 amide bonds. The first-order chi connectivity index (χ1) is 44.6. The van der Waals surface area contributed by atoms with E-state index >= 15 is 0 Å². The van der Waals surface area contributed by atoms with Gasteiger partial charge in [0.05, 0.1) is 5.69 Å². The highest BCUT2D eigenvalue weighted by molar-refractivity contribution is 6.23. The Morgan fingerprint density at radius 3 is 1.10 bits per heavy atom. The lowest BCUT2D eigenvalue weighted by Crippen LogP contribution is -2.09. The first kappa shape index (κ1) is 52.3. The first-order valence-electron chi connectivity index (χ1n) is 30.6. The highest BCUT2D eigenvalue weighted by Crippen LogP contribution is 2.50. The molecule has 2 heterocycles. The van der Waals surface area contributed by atoms with Gasteiger partial charge in [-0.25, -0.2) is 4.98 Å². The van der Waals surface area contributed by atoms with Gasteiger partial charge in [0, 0.05) is 66.8 Å². The topological polar surface area (TPSA) is 53.8 Å². The van der Waals surface area contributed by atoms with Crippen LogP contribution in [0.1, 0.15) is 11.8 Å². The number of oxazole rings is 1. The SMILES string of the molecule is c1ccc(C2Nc3c(c4ccccc4c4cc(-c5ccc(N(c6ccccc6)c6ccc(-c7ccc(-c8ccc(-c9nc%10c%11ccc(-c%12ccc(N(c%13ccccc%13)c%13ccccc%13)cc%12)cc%11c%11ccccc%11c%10o9)cc8)cc7)cc6)cc5)ccc34)O2)cc1. The molecule has 15 aromatic carbocycles. The average molecular weight is 1150 g/mol. The number of nitrogens with one attached hydrogen (secondary N) is 1. The predicted octanol–water partition coefficient (Wildman–Crippen LogP) is 23.2. The number of nitrogens with zero attached hydrogens (tertiary/aromatic N) is 3. The van der Waals surface area contributed by atoms with Gasteiger partial charge < -0.3 is 24.3 Å². The number of aromatic nitrogens is 1. The minimum absolute atomic E-state index is 0.247. The van der Waals surface area contributed by atoms with Gasteiger partial charge in [0.15, 0.2) is 17.6 Å². The summed E-state index contributed by atoms with van der Waals surface area (Å²) in [4.78, 5) is 9.83. The average Bonchev–Trinajstić information content (AvgIpc) is 1.59. The summed E-state index contributed by atoms with van der Waals surface area (Å²) in [6.07, 6.45) is -0.247. The van der Waals surface area contributed by atoms with Gasteiger partial charge in [-0.05, 0) is 163 Å². The second-order valence-corrected chi connectivity index (χ2v) is 23.0. The number of ether oxygens (including phenoxy) is 1. The van der Waals surface area contributed by atoms with Gasteiger partial charge in [-0.15, -0.1) is 0 Å². The zero-order valence-corrected chi connectivity index (χ0v) is 48.9. The van der Waals surface area contributed by atoms with Crippen molar-refractivity contribution < 1.29 is 9.15 Å². The third-order valence-corrected chi connectivity index (χ3v) is 17.7. The van der Waals surface area contributed by atoms with Crippen LogP contribution in [0.4, 0.5) is 39.8 Å². The van der Waals surface area contributed by atoms with E-state index in [0.717, 1.165) is 145 Å². The molecule has 0 saturated heterocycles. The van der Waals surface area contributed by atoms with Crippen molar-refractivity contribution in [3.05, 3.63) is 333 Å². The van der Waals surface area contributed by atoms with E-state index < -0.39 is 0 Å². The van der Waals surface area contributed by atoms with Crippen LogP contribution in [0.2, 0.25) is 0 Å². The molecule has 424 valence electrons. The largest absolute Gasteiger partial charge is 0.464 e. The van der Waals surface area contributed by atoms with Crippen LogP contribution in [0.5, 0.6) is 5.75 Å². The van der Waals surface area contributed by atoms with Crippen LogP contribution < -0.4 is 19.9 Å². The third-order valence-electron chi connectivity index (χ3n) is 17.7. The lowest BCUT2D eigenvalue weighted by atomic mass is 9.95. The molecule has 0 spiro atoms. The van der Waals surface area contributed by atoms with E-state index in [2.05, 4.69) is 337 Å². The standard InChI is InChI=1S/C84H56N4O2/c1-5-17-61(18-6-1)83-85-79-73-51-43-64(53-77(73)71-25-13-15-27-75(71)81(79)89-83)60-41-49-70(50-42-60)88(67-23-11-4-12-24-67)69-45-37-58(38-46-69)56-31-29-55(30-32-56)57-33-35-62(36-34-57)84-86-80-74-52-44-63(54-78(74)72-26-14-16-28-76(72)82(80)90-84)59-39-47-68(48-40-59)87(65-19-7-2-8-20-65)66-21-9-3-10-22-66/h1-54,83,85H. The maximum atomic E-state index is 6.73. The molecular weight excluding hydrogens is 1100 g/mol. The monoisotopic (exact) mass is 1150 g/mol. The van der Waals surface area contributed by atoms with E-state index in [0.29, 0.717) is 5.89 Å². The Balaban J connectivity index is 0.611. The van der Waals surface area contributed by atoms with Gasteiger partial charge in [-0.1, -0.05) is 231 Å². The first-order valence-corrected chi connectivity index (χ1v) is 30.6. The molecule has 0 fully saturated rings. The normalized spacial score (nSPS) is 12.7. The molecule has 0 saturated carbocycles. The highest BCUT2D eigenvalue weighted by atomic mass is 16.5. The fourth-order valence-electron chi connectivity index (χ4n) is 13.2. The molecule has 1 atom stereocenters. The van der Waals surface area contributed by atoms with Crippen molar-refractivity contribution in [1.82, 2.24) is 4.98 Å². The summed E-state index contributed by atoms with van der Waals surface area (Å²) in [5.41, 5.74) is 20.4. The van der Waals surface area contributed by atoms with Crippen LogP contribution in [0.3, 0.4) is 0 Å². The second-order valence-electron chi connectivity index (χ2n) is 23.0. The van der Waals surface area contributed by atoms with Crippen molar-refractivity contribution in [2.45, 2.75) is 6.23 Å². The van der Waals surface area contributed by atoms with Crippen LogP contribution >= 0.6 is 0 Å². The number of anilines is 7. The zero-order chi connectivity index (χ0) is 59.5. The minimum atomic E-state index is -0.247. The summed E-state index contributed by atoms with van der Waals surface area (Å²) in [7, 11) is 0. The van der Waals surface area contributed by atoms with Gasteiger partial charge in [-0.3, -0.25) is 0 Å². The molecule has 1 aliphatic rings. The zero-order valence-electron chi connectivity index (χ0n) is 48.9. The van der Waals surface area contributed by atoms with Crippen molar-refractivity contribution >= 4 is 94.0 Å². The van der Waals surface area contributed by atoms with Gasteiger partial charge in [-0.2, -0.15) is 0 Å². The molecule has 6 heteroatoms. The fraction of sp³-hybridized carbons (Fsp3) is 0.0119. The lowest BCUT2D eigenvalue weighted by molar-refractivity contribution is 0.262. The van der Waals surface area contributed by atoms with Gasteiger partial charge in [0.2, 0.25) is 5.89 Å². The van der Waals surface area contributed by atoms with Crippen molar-refractivity contribution in [2.75, 3.05) is 15.1 Å². The Morgan fingerprint density at radius 1 is 0.278 bits per heavy atom. The van der Waals surface area contributed by atoms with Gasteiger partial charge >= 0.3 is 0 Å².